The average molecular weight is 333 g/mol. The molecule has 1 atom stereocenters. The number of hydrogen-bond acceptors (Lipinski definition) is 4. The summed E-state index contributed by atoms with van der Waals surface area (Å²) < 4.78 is 4.90. The van der Waals surface area contributed by atoms with Crippen LogP contribution in [0.5, 0.6) is 0 Å². The number of ether oxygens (including phenoxy) is 1. The van der Waals surface area contributed by atoms with Gasteiger partial charge < -0.3 is 15.4 Å². The van der Waals surface area contributed by atoms with Crippen molar-refractivity contribution in [3.05, 3.63) is 29.8 Å². The molecule has 21 heavy (non-hydrogen) atoms. The van der Waals surface area contributed by atoms with Gasteiger partial charge in [0.05, 0.1) is 6.61 Å². The Morgan fingerprint density at radius 1 is 1.24 bits per heavy atom. The number of nitrogens with two attached hydrogens (primary N) is 1. The molecular formula is C15H22Cl2N2O2. The quantitative estimate of drug-likeness (QED) is 0.557. The maximum absolute atomic E-state index is 11.5. The zero-order valence-corrected chi connectivity index (χ0v) is 13.7. The number of alkyl halides is 2. The van der Waals surface area contributed by atoms with E-state index in [-0.39, 0.29) is 5.97 Å². The van der Waals surface area contributed by atoms with Gasteiger partial charge >= 0.3 is 5.97 Å². The molecule has 0 bridgehead atoms. The molecular weight excluding hydrogens is 311 g/mol. The number of benzene rings is 1. The monoisotopic (exact) mass is 332 g/mol. The van der Waals surface area contributed by atoms with Crippen LogP contribution in [0.25, 0.3) is 0 Å². The van der Waals surface area contributed by atoms with Gasteiger partial charge in [-0.3, -0.25) is 4.79 Å². The van der Waals surface area contributed by atoms with Crippen molar-refractivity contribution in [1.29, 1.82) is 0 Å². The van der Waals surface area contributed by atoms with Gasteiger partial charge in [-0.2, -0.15) is 0 Å². The highest BCUT2D eigenvalue weighted by Crippen LogP contribution is 2.16. The van der Waals surface area contributed by atoms with Gasteiger partial charge in [-0.05, 0) is 31.0 Å². The zero-order chi connectivity index (χ0) is 15.7. The molecule has 1 aromatic rings. The van der Waals surface area contributed by atoms with E-state index in [2.05, 4.69) is 4.90 Å². The highest BCUT2D eigenvalue weighted by atomic mass is 35.5. The van der Waals surface area contributed by atoms with E-state index in [0.29, 0.717) is 24.8 Å². The summed E-state index contributed by atoms with van der Waals surface area (Å²) in [5, 5.41) is 0. The lowest BCUT2D eigenvalue weighted by Crippen LogP contribution is -2.34. The molecule has 2 N–H and O–H groups in total. The number of esters is 1. The van der Waals surface area contributed by atoms with Gasteiger partial charge in [0.15, 0.2) is 0 Å². The first kappa shape index (κ1) is 18.1. The lowest BCUT2D eigenvalue weighted by molar-refractivity contribution is -0.144. The van der Waals surface area contributed by atoms with Gasteiger partial charge in [0.1, 0.15) is 6.04 Å². The Balaban J connectivity index is 2.66. The molecule has 0 amide bonds. The topological polar surface area (TPSA) is 55.6 Å². The highest BCUT2D eigenvalue weighted by Gasteiger charge is 2.15. The molecule has 0 aliphatic heterocycles. The standard InChI is InChI=1S/C15H22Cl2N2O2/c1-2-21-15(20)14(18)11-12-3-5-13(6-4-12)19(9-7-16)10-8-17/h3-6,14H,2,7-11,18H2,1H3/t14-/m1/s1. The Morgan fingerprint density at radius 3 is 2.29 bits per heavy atom. The largest absolute Gasteiger partial charge is 0.465 e. The minimum absolute atomic E-state index is 0.345. The average Bonchev–Trinajstić information content (AvgIpc) is 2.48. The Hall–Kier alpha value is -0.970. The number of rotatable bonds is 9. The first-order valence-corrected chi connectivity index (χ1v) is 8.07. The third kappa shape index (κ3) is 6.12. The van der Waals surface area contributed by atoms with E-state index in [1.54, 1.807) is 6.92 Å². The van der Waals surface area contributed by atoms with Crippen molar-refractivity contribution in [3.8, 4) is 0 Å². The summed E-state index contributed by atoms with van der Waals surface area (Å²) in [4.78, 5) is 13.6. The van der Waals surface area contributed by atoms with Crippen LogP contribution in [0, 0.1) is 0 Å². The van der Waals surface area contributed by atoms with Gasteiger partial charge in [0.25, 0.3) is 0 Å². The SMILES string of the molecule is CCOC(=O)[C@H](N)Cc1ccc(N(CCCl)CCCl)cc1. The van der Waals surface area contributed by atoms with Crippen molar-refractivity contribution in [1.82, 2.24) is 0 Å². The molecule has 0 unspecified atom stereocenters. The fourth-order valence-electron chi connectivity index (χ4n) is 2.00. The Labute approximate surface area is 136 Å². The van der Waals surface area contributed by atoms with E-state index in [9.17, 15) is 4.79 Å². The van der Waals surface area contributed by atoms with Crippen LogP contribution in [0.3, 0.4) is 0 Å². The number of carbonyl (C=O) groups is 1. The second-order valence-electron chi connectivity index (χ2n) is 4.59. The molecule has 118 valence electrons. The molecule has 4 nitrogen and oxygen atoms in total. The highest BCUT2D eigenvalue weighted by molar-refractivity contribution is 6.18. The molecule has 0 radical (unpaired) electrons. The van der Waals surface area contributed by atoms with Gasteiger partial charge in [-0.1, -0.05) is 12.1 Å². The number of nitrogens with zero attached hydrogens (tertiary/aromatic N) is 1. The van der Waals surface area contributed by atoms with Crippen LogP contribution in [0.4, 0.5) is 5.69 Å². The molecule has 1 aromatic carbocycles. The summed E-state index contributed by atoms with van der Waals surface area (Å²) >= 11 is 11.6. The molecule has 0 fully saturated rings. The van der Waals surface area contributed by atoms with Crippen molar-refractivity contribution in [2.75, 3.05) is 36.4 Å². The molecule has 0 saturated carbocycles. The summed E-state index contributed by atoms with van der Waals surface area (Å²) in [6, 6.07) is 7.28. The van der Waals surface area contributed by atoms with Gasteiger partial charge in [0.2, 0.25) is 0 Å². The van der Waals surface area contributed by atoms with E-state index < -0.39 is 6.04 Å². The van der Waals surface area contributed by atoms with Crippen LogP contribution in [-0.4, -0.2) is 43.5 Å². The van der Waals surface area contributed by atoms with E-state index in [1.165, 1.54) is 0 Å². The van der Waals surface area contributed by atoms with Crippen LogP contribution >= 0.6 is 23.2 Å². The lowest BCUT2D eigenvalue weighted by atomic mass is 10.1. The summed E-state index contributed by atoms with van der Waals surface area (Å²) in [5.41, 5.74) is 7.86. The summed E-state index contributed by atoms with van der Waals surface area (Å²) in [5.74, 6) is 0.728. The smallest absolute Gasteiger partial charge is 0.323 e. The van der Waals surface area contributed by atoms with Crippen LogP contribution in [0.15, 0.2) is 24.3 Å². The molecule has 0 saturated heterocycles. The van der Waals surface area contributed by atoms with Crippen LogP contribution in [-0.2, 0) is 16.0 Å². The summed E-state index contributed by atoms with van der Waals surface area (Å²) in [6.07, 6.45) is 0.462. The van der Waals surface area contributed by atoms with Crippen molar-refractivity contribution < 1.29 is 9.53 Å². The third-order valence-electron chi connectivity index (χ3n) is 3.06. The fraction of sp³-hybridized carbons (Fsp3) is 0.533. The Bertz CT molecular complexity index is 420. The maximum Gasteiger partial charge on any atom is 0.323 e. The second kappa shape index (κ2) is 9.87. The summed E-state index contributed by atoms with van der Waals surface area (Å²) in [6.45, 7) is 3.60. The predicted octanol–water partition coefficient (Wildman–Crippen LogP) is 2.40. The number of anilines is 1. The van der Waals surface area contributed by atoms with Crippen molar-refractivity contribution in [3.63, 3.8) is 0 Å². The Morgan fingerprint density at radius 2 is 1.81 bits per heavy atom. The van der Waals surface area contributed by atoms with Gasteiger partial charge in [-0.15, -0.1) is 23.2 Å². The number of hydrogen-bond donors (Lipinski definition) is 1. The number of halogens is 2. The minimum Gasteiger partial charge on any atom is -0.465 e. The molecule has 0 aliphatic carbocycles. The minimum atomic E-state index is -0.627. The third-order valence-corrected chi connectivity index (χ3v) is 3.39. The first-order chi connectivity index (χ1) is 10.1. The molecule has 6 heteroatoms. The molecule has 0 aliphatic rings. The van der Waals surface area contributed by atoms with E-state index in [0.717, 1.165) is 24.3 Å². The second-order valence-corrected chi connectivity index (χ2v) is 5.35. The fourth-order valence-corrected chi connectivity index (χ4v) is 2.41. The van der Waals surface area contributed by atoms with Crippen molar-refractivity contribution in [2.45, 2.75) is 19.4 Å². The van der Waals surface area contributed by atoms with Gasteiger partial charge in [-0.25, -0.2) is 0 Å². The van der Waals surface area contributed by atoms with Crippen molar-refractivity contribution in [2.24, 2.45) is 5.73 Å². The molecule has 0 aromatic heterocycles. The van der Waals surface area contributed by atoms with Crippen LogP contribution in [0.1, 0.15) is 12.5 Å². The maximum atomic E-state index is 11.5. The number of carbonyl (C=O) groups excluding carboxylic acids is 1. The van der Waals surface area contributed by atoms with E-state index in [4.69, 9.17) is 33.7 Å². The van der Waals surface area contributed by atoms with Crippen LogP contribution in [0.2, 0.25) is 0 Å². The zero-order valence-electron chi connectivity index (χ0n) is 12.2. The lowest BCUT2D eigenvalue weighted by Gasteiger charge is -2.23. The molecule has 1 rings (SSSR count). The van der Waals surface area contributed by atoms with Crippen molar-refractivity contribution >= 4 is 34.9 Å². The van der Waals surface area contributed by atoms with Crippen LogP contribution < -0.4 is 10.6 Å². The summed E-state index contributed by atoms with van der Waals surface area (Å²) in [7, 11) is 0. The molecule has 0 spiro atoms. The first-order valence-electron chi connectivity index (χ1n) is 7.00. The Kier molecular flexibility index (Phi) is 8.50. The van der Waals surface area contributed by atoms with E-state index >= 15 is 0 Å². The van der Waals surface area contributed by atoms with Gasteiger partial charge in [0, 0.05) is 30.5 Å². The van der Waals surface area contributed by atoms with E-state index in [1.807, 2.05) is 24.3 Å². The predicted molar refractivity (Wildman–Crippen MR) is 88.4 cm³/mol. The molecule has 0 heterocycles. The normalized spacial score (nSPS) is 12.0.